The second-order valence-corrected chi connectivity index (χ2v) is 7.96. The van der Waals surface area contributed by atoms with E-state index in [0.29, 0.717) is 5.82 Å². The van der Waals surface area contributed by atoms with E-state index < -0.39 is 0 Å². The van der Waals surface area contributed by atoms with Gasteiger partial charge in [0.05, 0.1) is 6.20 Å². The van der Waals surface area contributed by atoms with Gasteiger partial charge in [0.1, 0.15) is 5.82 Å². The van der Waals surface area contributed by atoms with Gasteiger partial charge in [-0.15, -0.1) is 0 Å². The second-order valence-electron chi connectivity index (χ2n) is 7.96. The lowest BCUT2D eigenvalue weighted by molar-refractivity contribution is 0.313. The molecule has 0 spiro atoms. The number of nitrogens with zero attached hydrogens (tertiary/aromatic N) is 5. The van der Waals surface area contributed by atoms with Gasteiger partial charge in [-0.2, -0.15) is 9.61 Å². The van der Waals surface area contributed by atoms with E-state index in [1.807, 2.05) is 30.6 Å². The molecule has 1 aliphatic heterocycles. The number of nitrogens with two attached hydrogens (primary N) is 1. The summed E-state index contributed by atoms with van der Waals surface area (Å²) >= 11 is 0. The molecule has 6 nitrogen and oxygen atoms in total. The number of piperazine rings is 1. The van der Waals surface area contributed by atoms with Crippen LogP contribution in [0.3, 0.4) is 0 Å². The molecule has 2 aromatic heterocycles. The molecule has 0 bridgehead atoms. The molecular formula is C24H26N6. The largest absolute Gasteiger partial charge is 0.383 e. The van der Waals surface area contributed by atoms with Gasteiger partial charge in [0.2, 0.25) is 0 Å². The SMILES string of the molecule is CN1CCN(c2ccc(-c3cnn4c(N)c(Cc5ccccc5)cnc34)cc2)CC1. The number of fused-ring (bicyclic) bond motifs is 1. The molecule has 30 heavy (non-hydrogen) atoms. The summed E-state index contributed by atoms with van der Waals surface area (Å²) in [5.41, 5.74) is 12.8. The van der Waals surface area contributed by atoms with Crippen LogP contribution in [-0.4, -0.2) is 52.7 Å². The van der Waals surface area contributed by atoms with Crippen LogP contribution in [0, 0.1) is 0 Å². The Morgan fingerprint density at radius 2 is 1.63 bits per heavy atom. The Bertz CT molecular complexity index is 1140. The maximum absolute atomic E-state index is 6.44. The summed E-state index contributed by atoms with van der Waals surface area (Å²) in [6, 6.07) is 19.0. The highest BCUT2D eigenvalue weighted by Gasteiger charge is 2.16. The third kappa shape index (κ3) is 3.50. The molecule has 2 aromatic carbocycles. The fourth-order valence-corrected chi connectivity index (χ4v) is 4.06. The van der Waals surface area contributed by atoms with Crippen molar-refractivity contribution in [3.63, 3.8) is 0 Å². The summed E-state index contributed by atoms with van der Waals surface area (Å²) in [6.07, 6.45) is 4.47. The number of hydrogen-bond donors (Lipinski definition) is 1. The molecule has 1 fully saturated rings. The summed E-state index contributed by atoms with van der Waals surface area (Å²) in [5, 5.41) is 4.53. The molecule has 0 amide bonds. The van der Waals surface area contributed by atoms with Crippen molar-refractivity contribution < 1.29 is 0 Å². The quantitative estimate of drug-likeness (QED) is 0.571. The van der Waals surface area contributed by atoms with Crippen LogP contribution >= 0.6 is 0 Å². The highest BCUT2D eigenvalue weighted by atomic mass is 15.3. The third-order valence-corrected chi connectivity index (χ3v) is 5.93. The predicted molar refractivity (Wildman–Crippen MR) is 122 cm³/mol. The first-order valence-electron chi connectivity index (χ1n) is 10.4. The average molecular weight is 399 g/mol. The van der Waals surface area contributed by atoms with E-state index in [1.165, 1.54) is 11.3 Å². The standard InChI is InChI=1S/C24H26N6/c1-28-11-13-29(14-12-28)21-9-7-19(8-10-21)22-17-27-30-23(25)20(16-26-24(22)30)15-18-5-3-2-4-6-18/h2-10,16-17H,11-15,25H2,1H3. The summed E-state index contributed by atoms with van der Waals surface area (Å²) in [4.78, 5) is 9.50. The van der Waals surface area contributed by atoms with E-state index in [1.54, 1.807) is 4.52 Å². The molecule has 0 unspecified atom stereocenters. The van der Waals surface area contributed by atoms with Crippen molar-refractivity contribution in [3.05, 3.63) is 78.1 Å². The van der Waals surface area contributed by atoms with Gasteiger partial charge in [-0.05, 0) is 30.3 Å². The van der Waals surface area contributed by atoms with Gasteiger partial charge >= 0.3 is 0 Å². The average Bonchev–Trinajstić information content (AvgIpc) is 3.22. The number of aromatic nitrogens is 3. The number of hydrogen-bond acceptors (Lipinski definition) is 5. The van der Waals surface area contributed by atoms with Gasteiger partial charge in [0.15, 0.2) is 5.65 Å². The van der Waals surface area contributed by atoms with Crippen LogP contribution in [0.15, 0.2) is 67.0 Å². The zero-order valence-electron chi connectivity index (χ0n) is 17.2. The minimum Gasteiger partial charge on any atom is -0.383 e. The molecule has 0 aliphatic carbocycles. The first-order valence-corrected chi connectivity index (χ1v) is 10.4. The van der Waals surface area contributed by atoms with Crippen LogP contribution in [0.4, 0.5) is 11.5 Å². The summed E-state index contributed by atoms with van der Waals surface area (Å²) in [7, 11) is 2.18. The van der Waals surface area contributed by atoms with Crippen LogP contribution in [0.25, 0.3) is 16.8 Å². The highest BCUT2D eigenvalue weighted by Crippen LogP contribution is 2.28. The van der Waals surface area contributed by atoms with Crippen molar-refractivity contribution >= 4 is 17.2 Å². The summed E-state index contributed by atoms with van der Waals surface area (Å²) in [5.74, 6) is 0.643. The van der Waals surface area contributed by atoms with Gasteiger partial charge < -0.3 is 15.5 Å². The van der Waals surface area contributed by atoms with Crippen LogP contribution in [0.1, 0.15) is 11.1 Å². The van der Waals surface area contributed by atoms with Crippen LogP contribution in [-0.2, 0) is 6.42 Å². The fraction of sp³-hybridized carbons (Fsp3) is 0.250. The molecule has 4 aromatic rings. The lowest BCUT2D eigenvalue weighted by Crippen LogP contribution is -2.44. The van der Waals surface area contributed by atoms with Crippen molar-refractivity contribution in [1.82, 2.24) is 19.5 Å². The number of nitrogen functional groups attached to an aromatic ring is 1. The predicted octanol–water partition coefficient (Wildman–Crippen LogP) is 3.32. The van der Waals surface area contributed by atoms with Crippen molar-refractivity contribution in [2.24, 2.45) is 0 Å². The Hall–Kier alpha value is -3.38. The van der Waals surface area contributed by atoms with Gasteiger partial charge in [-0.1, -0.05) is 42.5 Å². The summed E-state index contributed by atoms with van der Waals surface area (Å²) < 4.78 is 1.75. The van der Waals surface area contributed by atoms with E-state index in [2.05, 4.69) is 58.3 Å². The molecule has 0 saturated carbocycles. The molecule has 0 atom stereocenters. The van der Waals surface area contributed by atoms with Crippen molar-refractivity contribution in [1.29, 1.82) is 0 Å². The zero-order chi connectivity index (χ0) is 20.5. The number of likely N-dealkylation sites (N-methyl/N-ethyl adjacent to an activating group) is 1. The minimum absolute atomic E-state index is 0.643. The van der Waals surface area contributed by atoms with Crippen LogP contribution in [0.2, 0.25) is 0 Å². The first-order chi connectivity index (χ1) is 14.7. The smallest absolute Gasteiger partial charge is 0.165 e. The Morgan fingerprint density at radius 3 is 2.37 bits per heavy atom. The number of benzene rings is 2. The fourth-order valence-electron chi connectivity index (χ4n) is 4.06. The lowest BCUT2D eigenvalue weighted by atomic mass is 10.1. The molecular weight excluding hydrogens is 372 g/mol. The first kappa shape index (κ1) is 18.6. The molecule has 0 radical (unpaired) electrons. The zero-order valence-corrected chi connectivity index (χ0v) is 17.2. The Kier molecular flexibility index (Phi) is 4.85. The molecule has 3 heterocycles. The third-order valence-electron chi connectivity index (χ3n) is 5.93. The Labute approximate surface area is 176 Å². The number of rotatable bonds is 4. The minimum atomic E-state index is 0.643. The lowest BCUT2D eigenvalue weighted by Gasteiger charge is -2.34. The Morgan fingerprint density at radius 1 is 0.900 bits per heavy atom. The van der Waals surface area contributed by atoms with Crippen molar-refractivity contribution in [2.75, 3.05) is 43.9 Å². The van der Waals surface area contributed by atoms with Gasteiger partial charge in [0.25, 0.3) is 0 Å². The maximum Gasteiger partial charge on any atom is 0.165 e. The number of anilines is 2. The molecule has 2 N–H and O–H groups in total. The van der Waals surface area contributed by atoms with Crippen molar-refractivity contribution in [3.8, 4) is 11.1 Å². The second kappa shape index (κ2) is 7.80. The van der Waals surface area contributed by atoms with E-state index in [4.69, 9.17) is 10.7 Å². The Balaban J connectivity index is 1.42. The van der Waals surface area contributed by atoms with E-state index in [-0.39, 0.29) is 0 Å². The van der Waals surface area contributed by atoms with E-state index in [9.17, 15) is 0 Å². The topological polar surface area (TPSA) is 62.7 Å². The van der Waals surface area contributed by atoms with E-state index in [0.717, 1.165) is 54.9 Å². The molecule has 1 aliphatic rings. The molecule has 152 valence electrons. The normalized spacial score (nSPS) is 15.0. The van der Waals surface area contributed by atoms with E-state index >= 15 is 0 Å². The van der Waals surface area contributed by atoms with Gasteiger partial charge in [0, 0.05) is 55.6 Å². The maximum atomic E-state index is 6.44. The monoisotopic (exact) mass is 398 g/mol. The van der Waals surface area contributed by atoms with Crippen LogP contribution in [0.5, 0.6) is 0 Å². The highest BCUT2D eigenvalue weighted by molar-refractivity contribution is 5.79. The van der Waals surface area contributed by atoms with Gasteiger partial charge in [-0.25, -0.2) is 4.98 Å². The van der Waals surface area contributed by atoms with Crippen LogP contribution < -0.4 is 10.6 Å². The molecule has 6 heteroatoms. The van der Waals surface area contributed by atoms with Gasteiger partial charge in [-0.3, -0.25) is 0 Å². The summed E-state index contributed by atoms with van der Waals surface area (Å²) in [6.45, 7) is 4.33. The molecule has 5 rings (SSSR count). The molecule has 1 saturated heterocycles. The van der Waals surface area contributed by atoms with Crippen molar-refractivity contribution in [2.45, 2.75) is 6.42 Å².